The average molecular weight is 322 g/mol. The summed E-state index contributed by atoms with van der Waals surface area (Å²) in [6, 6.07) is 11.6. The van der Waals surface area contributed by atoms with Crippen molar-refractivity contribution in [1.29, 1.82) is 0 Å². The summed E-state index contributed by atoms with van der Waals surface area (Å²) in [4.78, 5) is 16.5. The Labute approximate surface area is 138 Å². The van der Waals surface area contributed by atoms with Crippen molar-refractivity contribution >= 4 is 5.91 Å². The largest absolute Gasteiger partial charge is 0.348 e. The third-order valence-electron chi connectivity index (χ3n) is 3.51. The Morgan fingerprint density at radius 1 is 1.08 bits per heavy atom. The summed E-state index contributed by atoms with van der Waals surface area (Å²) < 4.78 is 13.7. The maximum absolute atomic E-state index is 13.7. The number of nitrogens with zero attached hydrogens (tertiary/aromatic N) is 3. The smallest absolute Gasteiger partial charge is 0.251 e. The van der Waals surface area contributed by atoms with Crippen molar-refractivity contribution in [1.82, 2.24) is 20.5 Å². The lowest BCUT2D eigenvalue weighted by Crippen LogP contribution is -2.23. The lowest BCUT2D eigenvalue weighted by molar-refractivity contribution is 0.0950. The van der Waals surface area contributed by atoms with E-state index in [4.69, 9.17) is 0 Å². The first-order chi connectivity index (χ1) is 11.7. The van der Waals surface area contributed by atoms with E-state index in [9.17, 15) is 9.18 Å². The summed E-state index contributed by atoms with van der Waals surface area (Å²) >= 11 is 0. The highest BCUT2D eigenvalue weighted by Gasteiger charge is 2.09. The lowest BCUT2D eigenvalue weighted by atomic mass is 10.1. The Bertz CT molecular complexity index is 839. The minimum absolute atomic E-state index is 0.219. The number of rotatable bonds is 5. The summed E-state index contributed by atoms with van der Waals surface area (Å²) in [7, 11) is 0. The lowest BCUT2D eigenvalue weighted by Gasteiger charge is -2.07. The second-order valence-electron chi connectivity index (χ2n) is 5.24. The van der Waals surface area contributed by atoms with Gasteiger partial charge in [-0.05, 0) is 35.4 Å². The fraction of sp³-hybridized carbons (Fsp3) is 0.111. The van der Waals surface area contributed by atoms with Crippen LogP contribution in [0.5, 0.6) is 0 Å². The van der Waals surface area contributed by atoms with Gasteiger partial charge in [0.2, 0.25) is 0 Å². The molecular formula is C18H15FN4O. The van der Waals surface area contributed by atoms with Gasteiger partial charge in [0, 0.05) is 36.6 Å². The fourth-order valence-corrected chi connectivity index (χ4v) is 2.26. The molecule has 24 heavy (non-hydrogen) atoms. The van der Waals surface area contributed by atoms with Gasteiger partial charge in [-0.3, -0.25) is 9.78 Å². The first-order valence-corrected chi connectivity index (χ1v) is 7.44. The monoisotopic (exact) mass is 322 g/mol. The summed E-state index contributed by atoms with van der Waals surface area (Å²) in [6.07, 6.45) is 5.05. The van der Waals surface area contributed by atoms with Gasteiger partial charge in [0.15, 0.2) is 0 Å². The third kappa shape index (κ3) is 3.98. The summed E-state index contributed by atoms with van der Waals surface area (Å²) in [5.74, 6) is -0.497. The van der Waals surface area contributed by atoms with Crippen molar-refractivity contribution in [2.75, 3.05) is 0 Å². The Kier molecular flexibility index (Phi) is 4.86. The second kappa shape index (κ2) is 7.41. The van der Waals surface area contributed by atoms with Crippen LogP contribution in [0.3, 0.4) is 0 Å². The molecule has 2 heterocycles. The molecule has 0 saturated heterocycles. The van der Waals surface area contributed by atoms with Crippen LogP contribution >= 0.6 is 0 Å². The van der Waals surface area contributed by atoms with Crippen molar-refractivity contribution < 1.29 is 9.18 Å². The molecule has 0 atom stereocenters. The van der Waals surface area contributed by atoms with E-state index in [1.807, 2.05) is 0 Å². The Hall–Kier alpha value is -3.15. The molecule has 120 valence electrons. The van der Waals surface area contributed by atoms with Gasteiger partial charge in [0.05, 0.1) is 6.20 Å². The predicted octanol–water partition coefficient (Wildman–Crippen LogP) is 2.53. The third-order valence-corrected chi connectivity index (χ3v) is 3.51. The van der Waals surface area contributed by atoms with Gasteiger partial charge in [-0.2, -0.15) is 10.2 Å². The molecule has 0 spiro atoms. The highest BCUT2D eigenvalue weighted by atomic mass is 19.1. The minimum atomic E-state index is -0.278. The van der Waals surface area contributed by atoms with Gasteiger partial charge < -0.3 is 5.32 Å². The van der Waals surface area contributed by atoms with Crippen LogP contribution in [-0.2, 0) is 13.0 Å². The van der Waals surface area contributed by atoms with E-state index in [2.05, 4.69) is 20.5 Å². The summed E-state index contributed by atoms with van der Waals surface area (Å²) in [5, 5.41) is 10.3. The number of carbonyl (C=O) groups is 1. The Morgan fingerprint density at radius 3 is 2.75 bits per heavy atom. The van der Waals surface area contributed by atoms with Gasteiger partial charge in [0.25, 0.3) is 5.91 Å². The van der Waals surface area contributed by atoms with Crippen molar-refractivity contribution in [3.05, 3.63) is 89.3 Å². The number of benzene rings is 1. The molecule has 0 aliphatic carbocycles. The number of amides is 1. The molecule has 0 aliphatic heterocycles. The number of nitrogens with one attached hydrogen (secondary N) is 1. The zero-order valence-electron chi connectivity index (χ0n) is 12.8. The molecule has 3 aromatic rings. The van der Waals surface area contributed by atoms with Crippen LogP contribution in [0.4, 0.5) is 4.39 Å². The molecule has 1 N–H and O–H groups in total. The molecule has 1 amide bonds. The van der Waals surface area contributed by atoms with E-state index in [1.165, 1.54) is 6.07 Å². The molecular weight excluding hydrogens is 307 g/mol. The van der Waals surface area contributed by atoms with Crippen molar-refractivity contribution in [3.63, 3.8) is 0 Å². The van der Waals surface area contributed by atoms with Crippen molar-refractivity contribution in [2.24, 2.45) is 0 Å². The predicted molar refractivity (Wildman–Crippen MR) is 86.6 cm³/mol. The first-order valence-electron chi connectivity index (χ1n) is 7.44. The molecule has 3 rings (SSSR count). The molecule has 0 unspecified atom stereocenters. The topological polar surface area (TPSA) is 67.8 Å². The normalized spacial score (nSPS) is 10.4. The molecule has 2 aromatic heterocycles. The van der Waals surface area contributed by atoms with Crippen molar-refractivity contribution in [2.45, 2.75) is 13.0 Å². The number of aromatic nitrogens is 3. The van der Waals surface area contributed by atoms with Crippen LogP contribution in [-0.4, -0.2) is 21.1 Å². The Morgan fingerprint density at radius 2 is 1.96 bits per heavy atom. The molecule has 0 radical (unpaired) electrons. The van der Waals surface area contributed by atoms with Crippen LogP contribution in [0.1, 0.15) is 27.2 Å². The first kappa shape index (κ1) is 15.7. The zero-order chi connectivity index (χ0) is 16.8. The summed E-state index contributed by atoms with van der Waals surface area (Å²) in [5.41, 5.74) is 2.53. The van der Waals surface area contributed by atoms with Gasteiger partial charge in [0.1, 0.15) is 5.82 Å². The minimum Gasteiger partial charge on any atom is -0.348 e. The SMILES string of the molecule is O=C(NCc1ccnnc1)c1ccnc(Cc2ccccc2F)c1. The molecule has 1 aromatic carbocycles. The van der Waals surface area contributed by atoms with E-state index in [0.717, 1.165) is 5.56 Å². The number of carbonyl (C=O) groups excluding carboxylic acids is 1. The fourth-order valence-electron chi connectivity index (χ4n) is 2.26. The molecule has 0 aliphatic rings. The van der Waals surface area contributed by atoms with Crippen LogP contribution in [0.15, 0.2) is 61.1 Å². The molecule has 6 heteroatoms. The van der Waals surface area contributed by atoms with Crippen LogP contribution in [0.25, 0.3) is 0 Å². The van der Waals surface area contributed by atoms with Crippen LogP contribution in [0, 0.1) is 5.82 Å². The highest BCUT2D eigenvalue weighted by Crippen LogP contribution is 2.12. The molecule has 0 saturated carbocycles. The molecule has 0 bridgehead atoms. The van der Waals surface area contributed by atoms with Crippen molar-refractivity contribution in [3.8, 4) is 0 Å². The van der Waals surface area contributed by atoms with Gasteiger partial charge in [-0.1, -0.05) is 18.2 Å². The maximum atomic E-state index is 13.7. The number of pyridine rings is 1. The zero-order valence-corrected chi connectivity index (χ0v) is 12.8. The second-order valence-corrected chi connectivity index (χ2v) is 5.24. The van der Waals surface area contributed by atoms with E-state index in [1.54, 1.807) is 55.0 Å². The summed E-state index contributed by atoms with van der Waals surface area (Å²) in [6.45, 7) is 0.360. The number of hydrogen-bond acceptors (Lipinski definition) is 4. The molecule has 5 nitrogen and oxygen atoms in total. The quantitative estimate of drug-likeness (QED) is 0.784. The number of halogens is 1. The van der Waals surface area contributed by atoms with Gasteiger partial charge in [-0.25, -0.2) is 4.39 Å². The van der Waals surface area contributed by atoms with E-state index >= 15 is 0 Å². The van der Waals surface area contributed by atoms with E-state index in [0.29, 0.717) is 29.8 Å². The number of hydrogen-bond donors (Lipinski definition) is 1. The standard InChI is InChI=1S/C18H15FN4O/c19-17-4-2-1-3-14(17)9-16-10-15(6-7-20-16)18(24)21-11-13-5-8-22-23-12-13/h1-8,10,12H,9,11H2,(H,21,24). The average Bonchev–Trinajstić information content (AvgIpc) is 2.63. The van der Waals surface area contributed by atoms with Crippen LogP contribution in [0.2, 0.25) is 0 Å². The highest BCUT2D eigenvalue weighted by molar-refractivity contribution is 5.94. The van der Waals surface area contributed by atoms with E-state index < -0.39 is 0 Å². The molecule has 0 fully saturated rings. The van der Waals surface area contributed by atoms with Gasteiger partial charge >= 0.3 is 0 Å². The Balaban J connectivity index is 1.68. The van der Waals surface area contributed by atoms with Gasteiger partial charge in [-0.15, -0.1) is 0 Å². The van der Waals surface area contributed by atoms with Crippen LogP contribution < -0.4 is 5.32 Å². The van der Waals surface area contributed by atoms with E-state index in [-0.39, 0.29) is 11.7 Å². The maximum Gasteiger partial charge on any atom is 0.251 e.